The molecule has 0 aromatic heterocycles. The highest BCUT2D eigenvalue weighted by Crippen LogP contribution is 2.20. The number of carbonyl (C=O) groups is 3. The van der Waals surface area contributed by atoms with Crippen molar-refractivity contribution < 1.29 is 19.1 Å². The second-order valence-electron chi connectivity index (χ2n) is 7.23. The van der Waals surface area contributed by atoms with Gasteiger partial charge < -0.3 is 9.64 Å². The lowest BCUT2D eigenvalue weighted by molar-refractivity contribution is -0.132. The molecule has 0 aliphatic carbocycles. The summed E-state index contributed by atoms with van der Waals surface area (Å²) in [6.07, 6.45) is 0.133. The first-order chi connectivity index (χ1) is 13.9. The maximum absolute atomic E-state index is 12.3. The van der Waals surface area contributed by atoms with E-state index in [1.807, 2.05) is 56.3 Å². The third-order valence-corrected chi connectivity index (χ3v) is 4.97. The minimum Gasteiger partial charge on any atom is -0.484 e. The molecule has 1 atom stereocenters. The van der Waals surface area contributed by atoms with E-state index < -0.39 is 11.8 Å². The van der Waals surface area contributed by atoms with Gasteiger partial charge in [-0.15, -0.1) is 0 Å². The molecule has 1 aliphatic heterocycles. The average Bonchev–Trinajstić information content (AvgIpc) is 3.08. The molecular weight excluding hydrogens is 370 g/mol. The summed E-state index contributed by atoms with van der Waals surface area (Å²) in [6, 6.07) is 15.2. The molecule has 2 aromatic rings. The van der Waals surface area contributed by atoms with E-state index in [-0.39, 0.29) is 24.8 Å². The number of likely N-dealkylation sites (tertiary alicyclic amines) is 1. The van der Waals surface area contributed by atoms with Gasteiger partial charge in [0.25, 0.3) is 5.91 Å². The van der Waals surface area contributed by atoms with E-state index in [2.05, 4.69) is 10.9 Å². The van der Waals surface area contributed by atoms with Crippen LogP contribution in [0.5, 0.6) is 5.75 Å². The van der Waals surface area contributed by atoms with E-state index in [1.165, 1.54) is 0 Å². The Bertz CT molecular complexity index is 898. The van der Waals surface area contributed by atoms with Crippen LogP contribution >= 0.6 is 0 Å². The van der Waals surface area contributed by atoms with Crippen LogP contribution in [-0.4, -0.2) is 35.8 Å². The minimum atomic E-state index is -0.493. The smallest absolute Gasteiger partial charge is 0.276 e. The lowest BCUT2D eigenvalue weighted by Crippen LogP contribution is -2.46. The molecule has 1 unspecified atom stereocenters. The van der Waals surface area contributed by atoms with E-state index in [0.717, 1.165) is 16.7 Å². The summed E-state index contributed by atoms with van der Waals surface area (Å²) in [6.45, 7) is 4.54. The first kappa shape index (κ1) is 20.4. The molecule has 0 bridgehead atoms. The SMILES string of the molecule is Cc1ccc(OCC(=O)NNC(=O)C2CC(=O)N(Cc3ccccc3)C2)cc1C. The van der Waals surface area contributed by atoms with Gasteiger partial charge in [-0.05, 0) is 42.7 Å². The van der Waals surface area contributed by atoms with Crippen molar-refractivity contribution in [2.24, 2.45) is 5.92 Å². The van der Waals surface area contributed by atoms with Crippen molar-refractivity contribution in [2.75, 3.05) is 13.2 Å². The van der Waals surface area contributed by atoms with Gasteiger partial charge in [0.1, 0.15) is 5.75 Å². The molecular formula is C22H25N3O4. The molecule has 3 rings (SSSR count). The molecule has 29 heavy (non-hydrogen) atoms. The van der Waals surface area contributed by atoms with Gasteiger partial charge in [0.2, 0.25) is 11.8 Å². The monoisotopic (exact) mass is 395 g/mol. The summed E-state index contributed by atoms with van der Waals surface area (Å²) in [5, 5.41) is 0. The lowest BCUT2D eigenvalue weighted by Gasteiger charge is -2.16. The first-order valence-corrected chi connectivity index (χ1v) is 9.53. The van der Waals surface area contributed by atoms with Gasteiger partial charge in [-0.3, -0.25) is 25.2 Å². The summed E-state index contributed by atoms with van der Waals surface area (Å²) < 4.78 is 5.44. The number of amides is 3. The van der Waals surface area contributed by atoms with Crippen LogP contribution in [0, 0.1) is 19.8 Å². The lowest BCUT2D eigenvalue weighted by atomic mass is 10.1. The quantitative estimate of drug-likeness (QED) is 0.731. The maximum Gasteiger partial charge on any atom is 0.276 e. The Labute approximate surface area is 170 Å². The highest BCUT2D eigenvalue weighted by atomic mass is 16.5. The topological polar surface area (TPSA) is 87.7 Å². The van der Waals surface area contributed by atoms with Crippen LogP contribution in [0.2, 0.25) is 0 Å². The summed E-state index contributed by atoms with van der Waals surface area (Å²) in [4.78, 5) is 38.1. The maximum atomic E-state index is 12.3. The van der Waals surface area contributed by atoms with E-state index >= 15 is 0 Å². The van der Waals surface area contributed by atoms with Gasteiger partial charge in [0.15, 0.2) is 6.61 Å². The fourth-order valence-corrected chi connectivity index (χ4v) is 3.13. The third kappa shape index (κ3) is 5.57. The Morgan fingerprint density at radius 2 is 1.83 bits per heavy atom. The zero-order valence-corrected chi connectivity index (χ0v) is 16.6. The largest absolute Gasteiger partial charge is 0.484 e. The molecule has 0 spiro atoms. The first-order valence-electron chi connectivity index (χ1n) is 9.53. The van der Waals surface area contributed by atoms with Crippen LogP contribution < -0.4 is 15.6 Å². The Kier molecular flexibility index (Phi) is 6.49. The van der Waals surface area contributed by atoms with Crippen LogP contribution in [0.15, 0.2) is 48.5 Å². The number of rotatable bonds is 6. The molecule has 2 N–H and O–H groups in total. The van der Waals surface area contributed by atoms with Crippen molar-refractivity contribution in [3.63, 3.8) is 0 Å². The summed E-state index contributed by atoms with van der Waals surface area (Å²) >= 11 is 0. The standard InChI is InChI=1S/C22H25N3O4/c1-15-8-9-19(10-16(15)2)29-14-20(26)23-24-22(28)18-11-21(27)25(13-18)12-17-6-4-3-5-7-17/h3-10,18H,11-14H2,1-2H3,(H,23,26)(H,24,28). The normalized spacial score (nSPS) is 15.9. The van der Waals surface area contributed by atoms with Crippen molar-refractivity contribution in [3.05, 3.63) is 65.2 Å². The van der Waals surface area contributed by atoms with E-state index in [1.54, 1.807) is 11.0 Å². The number of carbonyl (C=O) groups excluding carboxylic acids is 3. The van der Waals surface area contributed by atoms with Crippen molar-refractivity contribution >= 4 is 17.7 Å². The fraction of sp³-hybridized carbons (Fsp3) is 0.318. The number of hydrogen-bond acceptors (Lipinski definition) is 4. The Morgan fingerprint density at radius 3 is 2.55 bits per heavy atom. The van der Waals surface area contributed by atoms with E-state index in [9.17, 15) is 14.4 Å². The highest BCUT2D eigenvalue weighted by Gasteiger charge is 2.34. The van der Waals surface area contributed by atoms with Gasteiger partial charge in [0.05, 0.1) is 5.92 Å². The predicted octanol–water partition coefficient (Wildman–Crippen LogP) is 1.88. The van der Waals surface area contributed by atoms with Crippen molar-refractivity contribution in [2.45, 2.75) is 26.8 Å². The van der Waals surface area contributed by atoms with Crippen molar-refractivity contribution in [1.82, 2.24) is 15.8 Å². The van der Waals surface area contributed by atoms with Gasteiger partial charge >= 0.3 is 0 Å². The van der Waals surface area contributed by atoms with Gasteiger partial charge in [0, 0.05) is 19.5 Å². The fourth-order valence-electron chi connectivity index (χ4n) is 3.13. The van der Waals surface area contributed by atoms with Crippen LogP contribution in [0.1, 0.15) is 23.1 Å². The van der Waals surface area contributed by atoms with E-state index in [4.69, 9.17) is 4.74 Å². The minimum absolute atomic E-state index is 0.0709. The molecule has 2 aromatic carbocycles. The molecule has 3 amide bonds. The second kappa shape index (κ2) is 9.23. The zero-order valence-electron chi connectivity index (χ0n) is 16.6. The van der Waals surface area contributed by atoms with Crippen LogP contribution in [0.25, 0.3) is 0 Å². The van der Waals surface area contributed by atoms with Crippen molar-refractivity contribution in [3.8, 4) is 5.75 Å². The molecule has 152 valence electrons. The Morgan fingerprint density at radius 1 is 1.07 bits per heavy atom. The van der Waals surface area contributed by atoms with Crippen LogP contribution in [0.4, 0.5) is 0 Å². The van der Waals surface area contributed by atoms with Crippen LogP contribution in [-0.2, 0) is 20.9 Å². The number of nitrogens with zero attached hydrogens (tertiary/aromatic N) is 1. The zero-order chi connectivity index (χ0) is 20.8. The number of hydrazine groups is 1. The molecule has 0 radical (unpaired) electrons. The number of hydrogen-bond donors (Lipinski definition) is 2. The molecule has 7 nitrogen and oxygen atoms in total. The average molecular weight is 395 g/mol. The second-order valence-corrected chi connectivity index (χ2v) is 7.23. The highest BCUT2D eigenvalue weighted by molar-refractivity contribution is 5.90. The summed E-state index contributed by atoms with van der Waals surface area (Å²) in [5.74, 6) is -0.825. The Balaban J connectivity index is 1.42. The van der Waals surface area contributed by atoms with Gasteiger partial charge in [-0.1, -0.05) is 36.4 Å². The Hall–Kier alpha value is -3.35. The molecule has 1 aliphatic rings. The number of benzene rings is 2. The molecule has 1 fully saturated rings. The molecule has 7 heteroatoms. The third-order valence-electron chi connectivity index (χ3n) is 4.97. The number of aryl methyl sites for hydroxylation is 2. The summed E-state index contributed by atoms with van der Waals surface area (Å²) in [7, 11) is 0. The molecule has 0 saturated carbocycles. The number of ether oxygens (including phenoxy) is 1. The van der Waals surface area contributed by atoms with E-state index in [0.29, 0.717) is 18.8 Å². The van der Waals surface area contributed by atoms with Gasteiger partial charge in [-0.25, -0.2) is 0 Å². The van der Waals surface area contributed by atoms with Crippen molar-refractivity contribution in [1.29, 1.82) is 0 Å². The predicted molar refractivity (Wildman–Crippen MR) is 108 cm³/mol. The van der Waals surface area contributed by atoms with Gasteiger partial charge in [-0.2, -0.15) is 0 Å². The molecule has 1 saturated heterocycles. The van der Waals surface area contributed by atoms with Crippen LogP contribution in [0.3, 0.4) is 0 Å². The molecule has 1 heterocycles. The summed E-state index contributed by atoms with van der Waals surface area (Å²) in [5.41, 5.74) is 7.95. The number of nitrogens with one attached hydrogen (secondary N) is 2.